The van der Waals surface area contributed by atoms with Crippen molar-refractivity contribution in [3.8, 4) is 0 Å². The molecular formula is C18H18FN2O4-. The minimum atomic E-state index is -1.51. The Morgan fingerprint density at radius 1 is 1.20 bits per heavy atom. The molecule has 0 aliphatic heterocycles. The molecule has 0 saturated carbocycles. The first-order valence-electron chi connectivity index (χ1n) is 7.59. The Balaban J connectivity index is 2.25. The summed E-state index contributed by atoms with van der Waals surface area (Å²) in [7, 11) is 0. The number of ether oxygens (including phenoxy) is 1. The smallest absolute Gasteiger partial charge is 0.412 e. The molecule has 6 nitrogen and oxygen atoms in total. The zero-order valence-corrected chi connectivity index (χ0v) is 14.1. The number of carbonyl (C=O) groups excluding carboxylic acids is 2. The second-order valence-electron chi connectivity index (χ2n) is 6.46. The number of nitrogens with zero attached hydrogens (tertiary/aromatic N) is 1. The summed E-state index contributed by atoms with van der Waals surface area (Å²) in [6.45, 7) is 5.07. The van der Waals surface area contributed by atoms with Gasteiger partial charge in [0.05, 0.1) is 11.7 Å². The van der Waals surface area contributed by atoms with E-state index in [4.69, 9.17) is 4.74 Å². The molecule has 0 aliphatic rings. The van der Waals surface area contributed by atoms with E-state index in [-0.39, 0.29) is 11.5 Å². The first-order chi connectivity index (χ1) is 11.6. The number of hydrogen-bond acceptors (Lipinski definition) is 5. The van der Waals surface area contributed by atoms with Crippen LogP contribution in [0.25, 0.3) is 0 Å². The highest BCUT2D eigenvalue weighted by atomic mass is 19.1. The summed E-state index contributed by atoms with van der Waals surface area (Å²) in [5.41, 5.74) is 0.308. The lowest BCUT2D eigenvalue weighted by Crippen LogP contribution is -2.30. The van der Waals surface area contributed by atoms with Crippen LogP contribution in [0, 0.1) is 5.82 Å². The molecule has 0 radical (unpaired) electrons. The van der Waals surface area contributed by atoms with E-state index in [0.29, 0.717) is 12.0 Å². The van der Waals surface area contributed by atoms with Crippen LogP contribution in [0.5, 0.6) is 0 Å². The van der Waals surface area contributed by atoms with Crippen molar-refractivity contribution in [3.63, 3.8) is 0 Å². The number of amides is 1. The number of anilines is 1. The summed E-state index contributed by atoms with van der Waals surface area (Å²) in [6.07, 6.45) is 0.967. The average Bonchev–Trinajstić information content (AvgIpc) is 2.47. The van der Waals surface area contributed by atoms with Crippen molar-refractivity contribution < 1.29 is 23.8 Å². The van der Waals surface area contributed by atoms with Crippen LogP contribution in [-0.4, -0.2) is 22.6 Å². The first-order valence-corrected chi connectivity index (χ1v) is 7.59. The number of pyridine rings is 1. The van der Waals surface area contributed by atoms with Gasteiger partial charge in [0.25, 0.3) is 0 Å². The van der Waals surface area contributed by atoms with Crippen molar-refractivity contribution in [3.05, 3.63) is 59.2 Å². The standard InChI is InChI=1S/C18H19FN2O4/c1-18(2,3)25-17(24)21-14-9-12(10-20-15(14)16(22)23)8-11-4-6-13(19)7-5-11/h4-7,9-10H,8H2,1-3H3,(H,21,24)(H,22,23)/p-1. The van der Waals surface area contributed by atoms with E-state index < -0.39 is 23.4 Å². The maximum Gasteiger partial charge on any atom is 0.412 e. The summed E-state index contributed by atoms with van der Waals surface area (Å²) in [5, 5.41) is 13.6. The maximum atomic E-state index is 13.0. The normalized spacial score (nSPS) is 11.0. The fourth-order valence-electron chi connectivity index (χ4n) is 2.11. The second kappa shape index (κ2) is 7.29. The van der Waals surface area contributed by atoms with Crippen LogP contribution in [0.1, 0.15) is 42.4 Å². The van der Waals surface area contributed by atoms with Crippen molar-refractivity contribution in [2.75, 3.05) is 5.32 Å². The van der Waals surface area contributed by atoms with Gasteiger partial charge in [-0.15, -0.1) is 0 Å². The van der Waals surface area contributed by atoms with Gasteiger partial charge in [0.1, 0.15) is 17.1 Å². The third-order valence-corrected chi connectivity index (χ3v) is 3.09. The molecule has 132 valence electrons. The van der Waals surface area contributed by atoms with Crippen LogP contribution in [0.15, 0.2) is 36.5 Å². The Hall–Kier alpha value is -2.96. The number of hydrogen-bond donors (Lipinski definition) is 1. The molecule has 1 amide bonds. The number of carboxylic acids is 1. The summed E-state index contributed by atoms with van der Waals surface area (Å²) in [5.74, 6) is -1.86. The molecule has 1 aromatic carbocycles. The number of carboxylic acid groups (broad SMARTS) is 1. The Morgan fingerprint density at radius 2 is 1.84 bits per heavy atom. The van der Waals surface area contributed by atoms with Gasteiger partial charge in [-0.1, -0.05) is 12.1 Å². The molecule has 0 bridgehead atoms. The van der Waals surface area contributed by atoms with Gasteiger partial charge in [-0.2, -0.15) is 0 Å². The quantitative estimate of drug-likeness (QED) is 0.919. The minimum Gasteiger partial charge on any atom is -0.543 e. The van der Waals surface area contributed by atoms with Crippen molar-refractivity contribution in [2.45, 2.75) is 32.8 Å². The molecule has 2 aromatic rings. The van der Waals surface area contributed by atoms with Gasteiger partial charge >= 0.3 is 6.09 Å². The Kier molecular flexibility index (Phi) is 5.36. The predicted octanol–water partition coefficient (Wildman–Crippen LogP) is 2.52. The molecule has 1 aromatic heterocycles. The molecule has 0 unspecified atom stereocenters. The molecule has 0 fully saturated rings. The van der Waals surface area contributed by atoms with E-state index in [1.807, 2.05) is 0 Å². The number of rotatable bonds is 4. The van der Waals surface area contributed by atoms with Gasteiger partial charge < -0.3 is 14.6 Å². The van der Waals surface area contributed by atoms with Crippen LogP contribution in [-0.2, 0) is 11.2 Å². The van der Waals surface area contributed by atoms with Gasteiger partial charge in [-0.25, -0.2) is 9.18 Å². The fourth-order valence-corrected chi connectivity index (χ4v) is 2.11. The van der Waals surface area contributed by atoms with E-state index in [1.54, 1.807) is 32.9 Å². The van der Waals surface area contributed by atoms with Crippen LogP contribution < -0.4 is 10.4 Å². The molecule has 1 heterocycles. The Bertz CT molecular complexity index is 783. The summed E-state index contributed by atoms with van der Waals surface area (Å²) in [4.78, 5) is 26.9. The van der Waals surface area contributed by atoms with Crippen LogP contribution >= 0.6 is 0 Å². The van der Waals surface area contributed by atoms with E-state index in [2.05, 4.69) is 10.3 Å². The molecule has 0 saturated heterocycles. The molecular weight excluding hydrogens is 327 g/mol. The van der Waals surface area contributed by atoms with Gasteiger partial charge in [0, 0.05) is 6.20 Å². The lowest BCUT2D eigenvalue weighted by Gasteiger charge is -2.20. The number of aromatic carboxylic acids is 1. The summed E-state index contributed by atoms with van der Waals surface area (Å²) < 4.78 is 18.1. The van der Waals surface area contributed by atoms with Crippen molar-refractivity contribution in [1.29, 1.82) is 0 Å². The number of aromatic nitrogens is 1. The highest BCUT2D eigenvalue weighted by Gasteiger charge is 2.18. The van der Waals surface area contributed by atoms with Crippen molar-refractivity contribution >= 4 is 17.7 Å². The highest BCUT2D eigenvalue weighted by Crippen LogP contribution is 2.19. The monoisotopic (exact) mass is 345 g/mol. The molecule has 0 spiro atoms. The third-order valence-electron chi connectivity index (χ3n) is 3.09. The van der Waals surface area contributed by atoms with E-state index in [1.165, 1.54) is 24.4 Å². The van der Waals surface area contributed by atoms with Gasteiger partial charge in [0.15, 0.2) is 0 Å². The maximum absolute atomic E-state index is 13.0. The zero-order chi connectivity index (χ0) is 18.6. The number of halogens is 1. The third kappa shape index (κ3) is 5.56. The number of carbonyl (C=O) groups is 2. The Labute approximate surface area is 144 Å². The van der Waals surface area contributed by atoms with Gasteiger partial charge in [0.2, 0.25) is 0 Å². The topological polar surface area (TPSA) is 91.3 Å². The average molecular weight is 345 g/mol. The van der Waals surface area contributed by atoms with Crippen molar-refractivity contribution in [2.24, 2.45) is 0 Å². The second-order valence-corrected chi connectivity index (χ2v) is 6.46. The lowest BCUT2D eigenvalue weighted by molar-refractivity contribution is -0.255. The van der Waals surface area contributed by atoms with Gasteiger partial charge in [-0.05, 0) is 56.5 Å². The minimum absolute atomic E-state index is 0.0196. The molecule has 25 heavy (non-hydrogen) atoms. The van der Waals surface area contributed by atoms with Crippen LogP contribution in [0.3, 0.4) is 0 Å². The molecule has 2 rings (SSSR count). The molecule has 7 heteroatoms. The van der Waals surface area contributed by atoms with Crippen LogP contribution in [0.2, 0.25) is 0 Å². The molecule has 0 atom stereocenters. The zero-order valence-electron chi connectivity index (χ0n) is 14.1. The molecule has 0 aliphatic carbocycles. The molecule has 1 N–H and O–H groups in total. The number of benzene rings is 1. The largest absolute Gasteiger partial charge is 0.543 e. The van der Waals surface area contributed by atoms with E-state index in [0.717, 1.165) is 5.56 Å². The first kappa shape index (κ1) is 18.4. The highest BCUT2D eigenvalue weighted by molar-refractivity contribution is 5.96. The lowest BCUT2D eigenvalue weighted by atomic mass is 10.1. The fraction of sp³-hybridized carbons (Fsp3) is 0.278. The van der Waals surface area contributed by atoms with Crippen molar-refractivity contribution in [1.82, 2.24) is 4.98 Å². The summed E-state index contributed by atoms with van der Waals surface area (Å²) in [6, 6.07) is 7.37. The summed E-state index contributed by atoms with van der Waals surface area (Å²) >= 11 is 0. The SMILES string of the molecule is CC(C)(C)OC(=O)Nc1cc(Cc2ccc(F)cc2)cnc1C(=O)[O-]. The van der Waals surface area contributed by atoms with Gasteiger partial charge in [-0.3, -0.25) is 10.3 Å². The number of nitrogens with one attached hydrogen (secondary N) is 1. The van der Waals surface area contributed by atoms with Crippen LogP contribution in [0.4, 0.5) is 14.9 Å². The predicted molar refractivity (Wildman–Crippen MR) is 87.6 cm³/mol. The van der Waals surface area contributed by atoms with E-state index >= 15 is 0 Å². The Morgan fingerprint density at radius 3 is 2.40 bits per heavy atom. The van der Waals surface area contributed by atoms with E-state index in [9.17, 15) is 19.1 Å².